The summed E-state index contributed by atoms with van der Waals surface area (Å²) < 4.78 is 1.40. The molecule has 0 aliphatic carbocycles. The molecule has 0 bridgehead atoms. The van der Waals surface area contributed by atoms with Crippen molar-refractivity contribution < 1.29 is 5.11 Å². The molecular weight excluding hydrogens is 108 g/mol. The van der Waals surface area contributed by atoms with E-state index >= 15 is 0 Å². The van der Waals surface area contributed by atoms with Crippen molar-refractivity contribution in [3.8, 4) is 5.88 Å². The van der Waals surface area contributed by atoms with Crippen LogP contribution in [0.25, 0.3) is 0 Å². The summed E-state index contributed by atoms with van der Waals surface area (Å²) >= 11 is 0. The molecule has 0 amide bonds. The SMILES string of the molecule is Oc1cn2c(n1)N=N2. The predicted octanol–water partition coefficient (Wildman–Crippen LogP) is 0.449. The highest BCUT2D eigenvalue weighted by Gasteiger charge is 2.11. The lowest BCUT2D eigenvalue weighted by atomic mass is 10.9. The maximum Gasteiger partial charge on any atom is 0.276 e. The molecule has 0 fully saturated rings. The van der Waals surface area contributed by atoms with Crippen molar-refractivity contribution in [3.63, 3.8) is 0 Å². The fourth-order valence-electron chi connectivity index (χ4n) is 0.534. The Balaban J connectivity index is 2.68. The van der Waals surface area contributed by atoms with Crippen LogP contribution in [0.3, 0.4) is 0 Å². The van der Waals surface area contributed by atoms with Crippen LogP contribution in [-0.2, 0) is 0 Å². The van der Waals surface area contributed by atoms with Gasteiger partial charge in [0.25, 0.3) is 5.95 Å². The van der Waals surface area contributed by atoms with Crippen molar-refractivity contribution in [1.82, 2.24) is 9.66 Å². The Morgan fingerprint density at radius 3 is 2.75 bits per heavy atom. The molecule has 1 aliphatic heterocycles. The van der Waals surface area contributed by atoms with Gasteiger partial charge in [0.05, 0.1) is 6.20 Å². The molecule has 0 saturated carbocycles. The first kappa shape index (κ1) is 3.59. The monoisotopic (exact) mass is 110 g/mol. The molecule has 0 unspecified atom stereocenters. The molecule has 2 heterocycles. The van der Waals surface area contributed by atoms with E-state index in [1.54, 1.807) is 0 Å². The molecule has 1 aromatic rings. The second-order valence-electron chi connectivity index (χ2n) is 1.43. The van der Waals surface area contributed by atoms with Gasteiger partial charge < -0.3 is 5.11 Å². The number of fused-ring (bicyclic) bond motifs is 1. The maximum atomic E-state index is 8.62. The third-order valence-electron chi connectivity index (χ3n) is 0.888. The smallest absolute Gasteiger partial charge is 0.276 e. The molecule has 5 heteroatoms. The molecule has 1 aromatic heterocycles. The fourth-order valence-corrected chi connectivity index (χ4v) is 0.534. The Hall–Kier alpha value is -1.39. The summed E-state index contributed by atoms with van der Waals surface area (Å²) in [7, 11) is 0. The van der Waals surface area contributed by atoms with Crippen LogP contribution < -0.4 is 0 Å². The van der Waals surface area contributed by atoms with Crippen molar-refractivity contribution in [2.24, 2.45) is 10.3 Å². The average molecular weight is 110 g/mol. The summed E-state index contributed by atoms with van der Waals surface area (Å²) in [5, 5.41) is 15.6. The minimum absolute atomic E-state index is 0.0370. The van der Waals surface area contributed by atoms with Gasteiger partial charge in [-0.05, 0) is 0 Å². The Labute approximate surface area is 44.3 Å². The van der Waals surface area contributed by atoms with Crippen molar-refractivity contribution in [1.29, 1.82) is 0 Å². The Morgan fingerprint density at radius 2 is 2.50 bits per heavy atom. The highest BCUT2D eigenvalue weighted by molar-refractivity contribution is 5.25. The van der Waals surface area contributed by atoms with Gasteiger partial charge in [-0.3, -0.25) is 0 Å². The standard InChI is InChI=1S/C3H2N4O/c8-2-1-7-3(4-2)5-6-7/h1,8H. The van der Waals surface area contributed by atoms with E-state index in [9.17, 15) is 0 Å². The van der Waals surface area contributed by atoms with Gasteiger partial charge in [0, 0.05) is 0 Å². The number of hydrogen-bond donors (Lipinski definition) is 1. The first-order valence-electron chi connectivity index (χ1n) is 2.06. The van der Waals surface area contributed by atoms with E-state index in [-0.39, 0.29) is 5.88 Å². The normalized spacial score (nSPS) is 13.0. The predicted molar refractivity (Wildman–Crippen MR) is 23.8 cm³/mol. The Bertz CT molecular complexity index is 226. The zero-order valence-electron chi connectivity index (χ0n) is 3.81. The number of hydrogen-bond acceptors (Lipinski definition) is 4. The van der Waals surface area contributed by atoms with Crippen molar-refractivity contribution in [3.05, 3.63) is 6.20 Å². The van der Waals surface area contributed by atoms with E-state index in [0.717, 1.165) is 0 Å². The molecular formula is C3H2N4O. The average Bonchev–Trinajstić information content (AvgIpc) is 1.91. The van der Waals surface area contributed by atoms with E-state index in [1.807, 2.05) is 0 Å². The second kappa shape index (κ2) is 0.885. The minimum atomic E-state index is -0.0370. The molecule has 0 saturated heterocycles. The van der Waals surface area contributed by atoms with E-state index < -0.39 is 0 Å². The first-order valence-corrected chi connectivity index (χ1v) is 2.06. The van der Waals surface area contributed by atoms with Crippen LogP contribution in [0.5, 0.6) is 5.88 Å². The quantitative estimate of drug-likeness (QED) is 0.535. The van der Waals surface area contributed by atoms with Crippen LogP contribution in [0.1, 0.15) is 0 Å². The maximum absolute atomic E-state index is 8.62. The zero-order chi connectivity index (χ0) is 5.56. The van der Waals surface area contributed by atoms with Crippen LogP contribution in [0.15, 0.2) is 16.5 Å². The van der Waals surface area contributed by atoms with Gasteiger partial charge in [-0.1, -0.05) is 10.3 Å². The lowest BCUT2D eigenvalue weighted by Gasteiger charge is -1.97. The highest BCUT2D eigenvalue weighted by atomic mass is 16.3. The fraction of sp³-hybridized carbons (Fsp3) is 0. The molecule has 0 aromatic carbocycles. The molecule has 0 atom stereocenters. The van der Waals surface area contributed by atoms with Crippen LogP contribution in [0.4, 0.5) is 5.95 Å². The van der Waals surface area contributed by atoms with Gasteiger partial charge in [-0.2, -0.15) is 9.66 Å². The molecule has 8 heavy (non-hydrogen) atoms. The lowest BCUT2D eigenvalue weighted by molar-refractivity contribution is 0.456. The largest absolute Gasteiger partial charge is 0.492 e. The van der Waals surface area contributed by atoms with Gasteiger partial charge in [-0.25, -0.2) is 0 Å². The summed E-state index contributed by atoms with van der Waals surface area (Å²) in [6.45, 7) is 0. The topological polar surface area (TPSA) is 62.8 Å². The van der Waals surface area contributed by atoms with Gasteiger partial charge in [0.2, 0.25) is 5.88 Å². The van der Waals surface area contributed by atoms with Gasteiger partial charge in [0.1, 0.15) is 0 Å². The van der Waals surface area contributed by atoms with E-state index in [1.165, 1.54) is 10.9 Å². The van der Waals surface area contributed by atoms with Crippen LogP contribution in [0.2, 0.25) is 0 Å². The molecule has 1 N–H and O–H groups in total. The van der Waals surface area contributed by atoms with E-state index in [0.29, 0.717) is 5.95 Å². The summed E-state index contributed by atoms with van der Waals surface area (Å²) in [5.74, 6) is 0.424. The van der Waals surface area contributed by atoms with E-state index in [4.69, 9.17) is 5.11 Å². The number of rotatable bonds is 0. The number of nitrogens with zero attached hydrogens (tertiary/aromatic N) is 4. The molecule has 40 valence electrons. The highest BCUT2D eigenvalue weighted by Crippen LogP contribution is 2.23. The van der Waals surface area contributed by atoms with E-state index in [2.05, 4.69) is 15.3 Å². The van der Waals surface area contributed by atoms with Gasteiger partial charge >= 0.3 is 0 Å². The number of aromatic hydroxyl groups is 1. The zero-order valence-corrected chi connectivity index (χ0v) is 3.81. The van der Waals surface area contributed by atoms with Crippen molar-refractivity contribution in [2.45, 2.75) is 0 Å². The third kappa shape index (κ3) is 0.247. The van der Waals surface area contributed by atoms with Crippen LogP contribution in [0, 0.1) is 0 Å². The van der Waals surface area contributed by atoms with Gasteiger partial charge in [-0.15, -0.1) is 0 Å². The van der Waals surface area contributed by atoms with Crippen molar-refractivity contribution in [2.75, 3.05) is 0 Å². The Morgan fingerprint density at radius 1 is 1.62 bits per heavy atom. The molecule has 0 spiro atoms. The number of aromatic nitrogens is 2. The number of imidazole rings is 1. The summed E-state index contributed by atoms with van der Waals surface area (Å²) in [4.78, 5) is 3.56. The van der Waals surface area contributed by atoms with Gasteiger partial charge in [0.15, 0.2) is 0 Å². The van der Waals surface area contributed by atoms with Crippen LogP contribution in [-0.4, -0.2) is 14.8 Å². The lowest BCUT2D eigenvalue weighted by Crippen LogP contribution is -1.90. The third-order valence-corrected chi connectivity index (χ3v) is 0.888. The minimum Gasteiger partial charge on any atom is -0.492 e. The molecule has 2 rings (SSSR count). The molecule has 1 aliphatic rings. The second-order valence-corrected chi connectivity index (χ2v) is 1.43. The summed E-state index contributed by atoms with van der Waals surface area (Å²) in [6.07, 6.45) is 1.39. The Kier molecular flexibility index (Phi) is 0.397. The molecule has 0 radical (unpaired) electrons. The summed E-state index contributed by atoms with van der Waals surface area (Å²) in [6, 6.07) is 0. The molecule has 5 nitrogen and oxygen atoms in total. The first-order chi connectivity index (χ1) is 3.86. The van der Waals surface area contributed by atoms with Crippen molar-refractivity contribution >= 4 is 5.95 Å². The van der Waals surface area contributed by atoms with Crippen LogP contribution >= 0.6 is 0 Å². The summed E-state index contributed by atoms with van der Waals surface area (Å²) in [5.41, 5.74) is 0.